The number of methoxy groups -OCH3 is 3. The lowest BCUT2D eigenvalue weighted by atomic mass is 10.0. The minimum absolute atomic E-state index is 0.0381. The second-order valence-corrected chi connectivity index (χ2v) is 9.36. The molecule has 6 nitrogen and oxygen atoms in total. The fourth-order valence-corrected chi connectivity index (χ4v) is 4.98. The van der Waals surface area contributed by atoms with E-state index < -0.39 is 0 Å². The molecule has 3 aromatic rings. The van der Waals surface area contributed by atoms with Crippen molar-refractivity contribution in [2.24, 2.45) is 0 Å². The average Bonchev–Trinajstić information content (AvgIpc) is 2.93. The molecule has 3 aromatic carbocycles. The molecule has 0 aliphatic carbocycles. The van der Waals surface area contributed by atoms with Crippen molar-refractivity contribution in [3.63, 3.8) is 0 Å². The van der Waals surface area contributed by atoms with Crippen LogP contribution in [0.2, 0.25) is 0 Å². The predicted molar refractivity (Wildman–Crippen MR) is 144 cm³/mol. The molecule has 0 atom stereocenters. The summed E-state index contributed by atoms with van der Waals surface area (Å²) in [7, 11) is 4.94. The molecular weight excluding hydrogens is 474 g/mol. The first-order valence-electron chi connectivity index (χ1n) is 11.8. The molecule has 1 fully saturated rings. The lowest BCUT2D eigenvalue weighted by molar-refractivity contribution is -0.127. The van der Waals surface area contributed by atoms with Crippen LogP contribution in [0.15, 0.2) is 77.7 Å². The number of hydrogen-bond acceptors (Lipinski definition) is 6. The molecule has 1 heterocycles. The largest absolute Gasteiger partial charge is 0.497 e. The Hall–Kier alpha value is -3.42. The molecule has 0 aromatic heterocycles. The minimum atomic E-state index is -0.273. The smallest absolute Gasteiger partial charge is 0.260 e. The molecule has 36 heavy (non-hydrogen) atoms. The molecule has 0 bridgehead atoms. The molecule has 1 aliphatic heterocycles. The number of nitrogens with zero attached hydrogens (tertiary/aromatic N) is 1. The number of carbonyl (C=O) groups excluding carboxylic acids is 1. The van der Waals surface area contributed by atoms with Crippen molar-refractivity contribution < 1.29 is 23.7 Å². The van der Waals surface area contributed by atoms with Crippen molar-refractivity contribution in [3.8, 4) is 17.2 Å². The molecule has 0 unspecified atom stereocenters. The fraction of sp³-hybridized carbons (Fsp3) is 0.276. The van der Waals surface area contributed by atoms with Gasteiger partial charge < -0.3 is 23.8 Å². The van der Waals surface area contributed by atoms with E-state index in [4.69, 9.17) is 18.9 Å². The van der Waals surface area contributed by atoms with Gasteiger partial charge in [0.15, 0.2) is 0 Å². The Balaban J connectivity index is 1.44. The van der Waals surface area contributed by atoms with Gasteiger partial charge in [-0.05, 0) is 59.2 Å². The summed E-state index contributed by atoms with van der Waals surface area (Å²) >= 11 is 1.59. The van der Waals surface area contributed by atoms with Crippen molar-refractivity contribution >= 4 is 23.7 Å². The van der Waals surface area contributed by atoms with Gasteiger partial charge in [-0.15, -0.1) is 11.8 Å². The molecule has 0 N–H and O–H groups in total. The lowest BCUT2D eigenvalue weighted by Gasteiger charge is -2.29. The Morgan fingerprint density at radius 2 is 1.31 bits per heavy atom. The van der Waals surface area contributed by atoms with E-state index in [9.17, 15) is 4.79 Å². The zero-order valence-electron chi connectivity index (χ0n) is 20.8. The third-order valence-electron chi connectivity index (χ3n) is 6.01. The number of carbonyl (C=O) groups is 1. The summed E-state index contributed by atoms with van der Waals surface area (Å²) in [6.45, 7) is 1.62. The number of thioether (sulfide) groups is 1. The van der Waals surface area contributed by atoms with E-state index in [1.807, 2.05) is 83.8 Å². The molecule has 1 saturated heterocycles. The van der Waals surface area contributed by atoms with Crippen LogP contribution >= 0.6 is 11.8 Å². The van der Waals surface area contributed by atoms with Gasteiger partial charge in [0.1, 0.15) is 23.4 Å². The fourth-order valence-electron chi connectivity index (χ4n) is 3.98. The number of benzene rings is 3. The van der Waals surface area contributed by atoms with E-state index in [1.54, 1.807) is 33.1 Å². The van der Waals surface area contributed by atoms with Crippen LogP contribution in [0.25, 0.3) is 6.08 Å². The van der Waals surface area contributed by atoms with E-state index in [0.717, 1.165) is 44.6 Å². The van der Waals surface area contributed by atoms with Gasteiger partial charge in [-0.3, -0.25) is 4.79 Å². The van der Waals surface area contributed by atoms with Crippen LogP contribution in [0, 0.1) is 0 Å². The molecule has 1 aliphatic rings. The van der Waals surface area contributed by atoms with Gasteiger partial charge in [0.25, 0.3) is 5.91 Å². The van der Waals surface area contributed by atoms with Crippen LogP contribution in [-0.2, 0) is 9.53 Å². The quantitative estimate of drug-likeness (QED) is 0.342. The number of amides is 1. The summed E-state index contributed by atoms with van der Waals surface area (Å²) in [6.07, 6.45) is 1.67. The number of hydrogen-bond donors (Lipinski definition) is 0. The number of rotatable bonds is 10. The normalized spacial score (nSPS) is 14.8. The standard InChI is InChI=1S/C29H31NO5S/c1-32-24-10-4-21(5-11-24)20-27-29(31)30(17-19-36-27)16-18-35-28(22-6-12-25(33-2)13-7-22)23-8-14-26(34-3)15-9-23/h4-15,20,28H,16-19H2,1-3H3. The summed E-state index contributed by atoms with van der Waals surface area (Å²) in [6, 6.07) is 23.4. The second kappa shape index (κ2) is 12.5. The van der Waals surface area contributed by atoms with Gasteiger partial charge in [-0.2, -0.15) is 0 Å². The Morgan fingerprint density at radius 3 is 1.81 bits per heavy atom. The summed E-state index contributed by atoms with van der Waals surface area (Å²) in [5.41, 5.74) is 3.01. The first kappa shape index (κ1) is 25.7. The van der Waals surface area contributed by atoms with Gasteiger partial charge in [0.2, 0.25) is 0 Å². The first-order valence-corrected chi connectivity index (χ1v) is 12.8. The minimum Gasteiger partial charge on any atom is -0.497 e. The van der Waals surface area contributed by atoms with Gasteiger partial charge in [-0.1, -0.05) is 36.4 Å². The van der Waals surface area contributed by atoms with E-state index in [1.165, 1.54) is 0 Å². The maximum absolute atomic E-state index is 13.1. The molecule has 4 rings (SSSR count). The predicted octanol–water partition coefficient (Wildman–Crippen LogP) is 5.43. The van der Waals surface area contributed by atoms with Crippen molar-refractivity contribution in [1.82, 2.24) is 4.90 Å². The summed E-state index contributed by atoms with van der Waals surface area (Å²) in [4.78, 5) is 15.7. The zero-order chi connectivity index (χ0) is 25.3. The summed E-state index contributed by atoms with van der Waals surface area (Å²) < 4.78 is 22.2. The third kappa shape index (κ3) is 6.42. The third-order valence-corrected chi connectivity index (χ3v) is 7.00. The molecule has 188 valence electrons. The Morgan fingerprint density at radius 1 is 0.806 bits per heavy atom. The van der Waals surface area contributed by atoms with Crippen molar-refractivity contribution in [2.75, 3.05) is 46.8 Å². The van der Waals surface area contributed by atoms with Gasteiger partial charge >= 0.3 is 0 Å². The number of ether oxygens (including phenoxy) is 4. The monoisotopic (exact) mass is 505 g/mol. The van der Waals surface area contributed by atoms with Gasteiger partial charge in [0, 0.05) is 18.8 Å². The second-order valence-electron chi connectivity index (χ2n) is 8.22. The summed E-state index contributed by atoms with van der Waals surface area (Å²) in [5, 5.41) is 0. The van der Waals surface area contributed by atoms with Crippen LogP contribution < -0.4 is 14.2 Å². The highest BCUT2D eigenvalue weighted by molar-refractivity contribution is 8.04. The molecular formula is C29H31NO5S. The first-order chi connectivity index (χ1) is 17.6. The van der Waals surface area contributed by atoms with Crippen LogP contribution in [0.1, 0.15) is 22.8 Å². The Labute approximate surface area is 216 Å². The SMILES string of the molecule is COc1ccc(C=C2SCCN(CCOC(c3ccc(OC)cc3)c3ccc(OC)cc3)C2=O)cc1. The molecule has 7 heteroatoms. The van der Waals surface area contributed by atoms with Gasteiger partial charge in [0.05, 0.1) is 32.8 Å². The van der Waals surface area contributed by atoms with Gasteiger partial charge in [-0.25, -0.2) is 0 Å². The van der Waals surface area contributed by atoms with Crippen molar-refractivity contribution in [2.45, 2.75) is 6.10 Å². The molecule has 0 radical (unpaired) electrons. The van der Waals surface area contributed by atoms with Crippen molar-refractivity contribution in [3.05, 3.63) is 94.4 Å². The maximum atomic E-state index is 13.1. The van der Waals surface area contributed by atoms with E-state index in [2.05, 4.69) is 0 Å². The van der Waals surface area contributed by atoms with Crippen LogP contribution in [-0.4, -0.2) is 57.6 Å². The van der Waals surface area contributed by atoms with Crippen LogP contribution in [0.3, 0.4) is 0 Å². The molecule has 0 spiro atoms. The molecule has 0 saturated carbocycles. The maximum Gasteiger partial charge on any atom is 0.260 e. The lowest BCUT2D eigenvalue weighted by Crippen LogP contribution is -2.39. The Kier molecular flexibility index (Phi) is 8.92. The highest BCUT2D eigenvalue weighted by Gasteiger charge is 2.24. The average molecular weight is 506 g/mol. The van der Waals surface area contributed by atoms with E-state index in [0.29, 0.717) is 19.7 Å². The molecule has 1 amide bonds. The van der Waals surface area contributed by atoms with Crippen LogP contribution in [0.5, 0.6) is 17.2 Å². The highest BCUT2D eigenvalue weighted by atomic mass is 32.2. The zero-order valence-corrected chi connectivity index (χ0v) is 21.6. The van der Waals surface area contributed by atoms with E-state index in [-0.39, 0.29) is 12.0 Å². The highest BCUT2D eigenvalue weighted by Crippen LogP contribution is 2.30. The van der Waals surface area contributed by atoms with Crippen molar-refractivity contribution in [1.29, 1.82) is 0 Å². The summed E-state index contributed by atoms with van der Waals surface area (Å²) in [5.74, 6) is 3.27. The van der Waals surface area contributed by atoms with Crippen LogP contribution in [0.4, 0.5) is 0 Å². The topological polar surface area (TPSA) is 57.2 Å². The van der Waals surface area contributed by atoms with E-state index >= 15 is 0 Å². The Bertz CT molecular complexity index is 1110.